The third kappa shape index (κ3) is 1.78. The number of fused-ring (bicyclic) bond motifs is 3. The van der Waals surface area contributed by atoms with Crippen molar-refractivity contribution in [3.8, 4) is 0 Å². The van der Waals surface area contributed by atoms with Crippen LogP contribution in [0.1, 0.15) is 42.7 Å². The normalized spacial score (nSPS) is 24.4. The van der Waals surface area contributed by atoms with E-state index in [0.29, 0.717) is 6.04 Å². The first kappa shape index (κ1) is 13.0. The number of anilines is 1. The molecular weight excluding hydrogens is 270 g/mol. The van der Waals surface area contributed by atoms with Crippen LogP contribution in [0.4, 0.5) is 5.82 Å². The van der Waals surface area contributed by atoms with Crippen LogP contribution in [0.15, 0.2) is 18.2 Å². The van der Waals surface area contributed by atoms with Gasteiger partial charge in [-0.1, -0.05) is 6.07 Å². The maximum Gasteiger partial charge on any atom is 0.112 e. The Morgan fingerprint density at radius 3 is 2.82 bits per heavy atom. The second-order valence-corrected chi connectivity index (χ2v) is 7.41. The van der Waals surface area contributed by atoms with Crippen LogP contribution in [-0.2, 0) is 13.5 Å². The first-order valence-corrected chi connectivity index (χ1v) is 8.91. The summed E-state index contributed by atoms with van der Waals surface area (Å²) in [5, 5.41) is 5.16. The molecule has 2 aromatic rings. The van der Waals surface area contributed by atoms with Gasteiger partial charge in [0.05, 0.1) is 0 Å². The van der Waals surface area contributed by atoms with Gasteiger partial charge in [-0.15, -0.1) is 0 Å². The Kier molecular flexibility index (Phi) is 2.81. The van der Waals surface area contributed by atoms with E-state index in [4.69, 9.17) is 0 Å². The summed E-state index contributed by atoms with van der Waals surface area (Å²) in [5.41, 5.74) is 4.58. The topological polar surface area (TPSA) is 20.2 Å². The van der Waals surface area contributed by atoms with Crippen LogP contribution in [0.3, 0.4) is 0 Å². The first-order chi connectivity index (χ1) is 10.8. The third-order valence-electron chi connectivity index (χ3n) is 6.12. The van der Waals surface area contributed by atoms with Crippen molar-refractivity contribution in [1.29, 1.82) is 0 Å². The molecule has 0 amide bonds. The maximum atomic E-state index is 3.63. The Balaban J connectivity index is 1.61. The highest BCUT2D eigenvalue weighted by molar-refractivity contribution is 5.92. The molecule has 0 saturated carbocycles. The molecule has 1 atom stereocenters. The minimum Gasteiger partial charge on any atom is -0.358 e. The van der Waals surface area contributed by atoms with Crippen molar-refractivity contribution in [1.82, 2.24) is 9.88 Å². The number of rotatable bonds is 2. The number of hydrogen-bond donors (Lipinski definition) is 1. The van der Waals surface area contributed by atoms with Gasteiger partial charge in [0.25, 0.3) is 0 Å². The highest BCUT2D eigenvalue weighted by Gasteiger charge is 2.35. The van der Waals surface area contributed by atoms with Crippen molar-refractivity contribution >= 4 is 16.7 Å². The predicted octanol–water partition coefficient (Wildman–Crippen LogP) is 3.17. The summed E-state index contributed by atoms with van der Waals surface area (Å²) in [6, 6.07) is 7.90. The molecule has 1 unspecified atom stereocenters. The number of nitrogens with one attached hydrogen (secondary N) is 1. The predicted molar refractivity (Wildman–Crippen MR) is 91.8 cm³/mol. The van der Waals surface area contributed by atoms with E-state index < -0.39 is 0 Å². The molecule has 0 spiro atoms. The summed E-state index contributed by atoms with van der Waals surface area (Å²) >= 11 is 0. The zero-order chi connectivity index (χ0) is 14.7. The maximum absolute atomic E-state index is 3.63. The minimum atomic E-state index is 0.692. The van der Waals surface area contributed by atoms with E-state index in [2.05, 4.69) is 40.0 Å². The van der Waals surface area contributed by atoms with E-state index in [1.54, 1.807) is 5.56 Å². The highest BCUT2D eigenvalue weighted by atomic mass is 15.3. The number of hydrogen-bond acceptors (Lipinski definition) is 2. The fourth-order valence-corrected chi connectivity index (χ4v) is 5.01. The van der Waals surface area contributed by atoms with Crippen molar-refractivity contribution in [3.63, 3.8) is 0 Å². The molecule has 4 aliphatic rings. The van der Waals surface area contributed by atoms with E-state index in [1.165, 1.54) is 74.0 Å². The summed E-state index contributed by atoms with van der Waals surface area (Å²) in [7, 11) is 2.25. The zero-order valence-electron chi connectivity index (χ0n) is 13.4. The Labute approximate surface area is 132 Å². The fraction of sp³-hybridized carbons (Fsp3) is 0.579. The van der Waals surface area contributed by atoms with Gasteiger partial charge in [0.2, 0.25) is 0 Å². The average molecular weight is 295 g/mol. The Morgan fingerprint density at radius 2 is 2.05 bits per heavy atom. The summed E-state index contributed by atoms with van der Waals surface area (Å²) in [6.45, 7) is 3.70. The number of piperidine rings is 1. The van der Waals surface area contributed by atoms with E-state index >= 15 is 0 Å². The van der Waals surface area contributed by atoms with Gasteiger partial charge < -0.3 is 14.8 Å². The Bertz CT molecular complexity index is 716. The van der Waals surface area contributed by atoms with E-state index in [0.717, 1.165) is 5.92 Å². The molecule has 22 heavy (non-hydrogen) atoms. The standard InChI is InChI=1S/C19H25N3/c1-21-17-5-4-13(11-15-3-2-8-20-15)12-16(17)18-14-6-9-22(10-7-14)19(18)21/h4-5,12,14-15,20H,2-3,6-11H2,1H3. The quantitative estimate of drug-likeness (QED) is 0.918. The van der Waals surface area contributed by atoms with Gasteiger partial charge in [0, 0.05) is 42.6 Å². The number of aryl methyl sites for hydroxylation is 1. The van der Waals surface area contributed by atoms with Gasteiger partial charge in [0.1, 0.15) is 5.82 Å². The third-order valence-corrected chi connectivity index (χ3v) is 6.12. The van der Waals surface area contributed by atoms with Crippen LogP contribution < -0.4 is 10.2 Å². The van der Waals surface area contributed by atoms with E-state index in [1.807, 2.05) is 0 Å². The van der Waals surface area contributed by atoms with E-state index in [-0.39, 0.29) is 0 Å². The molecule has 3 heteroatoms. The highest BCUT2D eigenvalue weighted by Crippen LogP contribution is 2.47. The van der Waals surface area contributed by atoms with Gasteiger partial charge >= 0.3 is 0 Å². The summed E-state index contributed by atoms with van der Waals surface area (Å²) in [5.74, 6) is 2.30. The molecule has 0 aliphatic carbocycles. The smallest absolute Gasteiger partial charge is 0.112 e. The van der Waals surface area contributed by atoms with Crippen molar-refractivity contribution < 1.29 is 0 Å². The molecule has 2 fully saturated rings. The van der Waals surface area contributed by atoms with Crippen molar-refractivity contribution in [2.75, 3.05) is 24.5 Å². The zero-order valence-corrected chi connectivity index (χ0v) is 13.4. The molecule has 1 N–H and O–H groups in total. The van der Waals surface area contributed by atoms with E-state index in [9.17, 15) is 0 Å². The molecule has 6 rings (SSSR count). The van der Waals surface area contributed by atoms with Gasteiger partial charge in [-0.3, -0.25) is 0 Å². The van der Waals surface area contributed by atoms with Crippen molar-refractivity contribution in [3.05, 3.63) is 29.3 Å². The van der Waals surface area contributed by atoms with Crippen LogP contribution in [0.2, 0.25) is 0 Å². The van der Waals surface area contributed by atoms with Crippen molar-refractivity contribution in [2.45, 2.75) is 44.1 Å². The second kappa shape index (κ2) is 4.76. The monoisotopic (exact) mass is 295 g/mol. The van der Waals surface area contributed by atoms with Gasteiger partial charge in [0.15, 0.2) is 0 Å². The lowest BCUT2D eigenvalue weighted by Gasteiger charge is -2.41. The fourth-order valence-electron chi connectivity index (χ4n) is 5.01. The van der Waals surface area contributed by atoms with Crippen LogP contribution in [0.5, 0.6) is 0 Å². The molecular formula is C19H25N3. The van der Waals surface area contributed by atoms with Crippen LogP contribution in [0.25, 0.3) is 10.9 Å². The molecule has 4 aliphatic heterocycles. The minimum absolute atomic E-state index is 0.692. The summed E-state index contributed by atoms with van der Waals surface area (Å²) < 4.78 is 2.44. The largest absolute Gasteiger partial charge is 0.358 e. The van der Waals surface area contributed by atoms with Crippen molar-refractivity contribution in [2.24, 2.45) is 7.05 Å². The lowest BCUT2D eigenvalue weighted by molar-refractivity contribution is 0.469. The molecule has 2 bridgehead atoms. The molecule has 1 aromatic carbocycles. The molecule has 5 heterocycles. The van der Waals surface area contributed by atoms with Crippen LogP contribution >= 0.6 is 0 Å². The lowest BCUT2D eigenvalue weighted by Crippen LogP contribution is -2.39. The number of benzene rings is 1. The molecule has 3 nitrogen and oxygen atoms in total. The van der Waals surface area contributed by atoms with Crippen LogP contribution in [0, 0.1) is 0 Å². The van der Waals surface area contributed by atoms with Gasteiger partial charge in [-0.25, -0.2) is 0 Å². The average Bonchev–Trinajstić information content (AvgIpc) is 3.17. The summed E-state index contributed by atoms with van der Waals surface area (Å²) in [6.07, 6.45) is 6.56. The number of nitrogens with zero attached hydrogens (tertiary/aromatic N) is 2. The Hall–Kier alpha value is -1.48. The van der Waals surface area contributed by atoms with Gasteiger partial charge in [-0.2, -0.15) is 0 Å². The molecule has 116 valence electrons. The lowest BCUT2D eigenvalue weighted by atomic mass is 9.84. The molecule has 0 radical (unpaired) electrons. The SMILES string of the molecule is Cn1c2c(c3cc(CC4CCCN4)ccc31)C1CCN2CC1. The Morgan fingerprint density at radius 1 is 1.18 bits per heavy atom. The number of aromatic nitrogens is 1. The summed E-state index contributed by atoms with van der Waals surface area (Å²) in [4.78, 5) is 2.60. The molecule has 1 aromatic heterocycles. The second-order valence-electron chi connectivity index (χ2n) is 7.41. The van der Waals surface area contributed by atoms with Crippen LogP contribution in [-0.4, -0.2) is 30.2 Å². The molecule has 2 saturated heterocycles. The first-order valence-electron chi connectivity index (χ1n) is 8.91. The van der Waals surface area contributed by atoms with Gasteiger partial charge in [-0.05, 0) is 62.3 Å².